The molecular weight excluding hydrogens is 278 g/mol. The Morgan fingerprint density at radius 2 is 1.95 bits per heavy atom. The van der Waals surface area contributed by atoms with E-state index in [1.54, 1.807) is 0 Å². The van der Waals surface area contributed by atoms with Crippen molar-refractivity contribution in [3.05, 3.63) is 71.4 Å². The summed E-state index contributed by atoms with van der Waals surface area (Å²) >= 11 is 0. The van der Waals surface area contributed by atoms with E-state index in [1.807, 2.05) is 55.5 Å². The fourth-order valence-corrected chi connectivity index (χ4v) is 2.40. The first-order valence-corrected chi connectivity index (χ1v) is 6.97. The first-order chi connectivity index (χ1) is 10.7. The van der Waals surface area contributed by atoms with Gasteiger partial charge in [-0.3, -0.25) is 9.36 Å². The van der Waals surface area contributed by atoms with Gasteiger partial charge in [0.15, 0.2) is 6.29 Å². The van der Waals surface area contributed by atoms with Gasteiger partial charge in [0.1, 0.15) is 6.61 Å². The van der Waals surface area contributed by atoms with Gasteiger partial charge in [-0.2, -0.15) is 0 Å². The van der Waals surface area contributed by atoms with Gasteiger partial charge in [-0.05, 0) is 24.1 Å². The summed E-state index contributed by atoms with van der Waals surface area (Å²) in [7, 11) is 0. The molecule has 3 rings (SSSR count). The van der Waals surface area contributed by atoms with Gasteiger partial charge in [0.2, 0.25) is 0 Å². The summed E-state index contributed by atoms with van der Waals surface area (Å²) in [6, 6.07) is 15.1. The van der Waals surface area contributed by atoms with E-state index in [0.29, 0.717) is 11.1 Å². The minimum Gasteiger partial charge on any atom is -0.444 e. The van der Waals surface area contributed by atoms with Gasteiger partial charge in [0.25, 0.3) is 0 Å². The van der Waals surface area contributed by atoms with Crippen LogP contribution < -0.4 is 0 Å². The fourth-order valence-electron chi connectivity index (χ4n) is 2.40. The molecule has 3 aromatic rings. The molecule has 0 aliphatic rings. The predicted molar refractivity (Wildman–Crippen MR) is 84.1 cm³/mol. The summed E-state index contributed by atoms with van der Waals surface area (Å²) in [6.07, 6.45) is 1.77. The average Bonchev–Trinajstić information content (AvgIpc) is 2.91. The van der Waals surface area contributed by atoms with Crippen molar-refractivity contribution in [1.29, 1.82) is 0 Å². The molecule has 0 spiro atoms. The molecule has 0 saturated heterocycles. The van der Waals surface area contributed by atoms with E-state index < -0.39 is 6.09 Å². The molecule has 0 bridgehead atoms. The van der Waals surface area contributed by atoms with Crippen LogP contribution in [0.5, 0.6) is 0 Å². The molecule has 110 valence electrons. The number of ether oxygens (including phenoxy) is 1. The van der Waals surface area contributed by atoms with Crippen molar-refractivity contribution in [3.63, 3.8) is 0 Å². The summed E-state index contributed by atoms with van der Waals surface area (Å²) in [5.41, 5.74) is 3.09. The summed E-state index contributed by atoms with van der Waals surface area (Å²) in [5, 5.41) is 0.747. The van der Waals surface area contributed by atoms with E-state index in [9.17, 15) is 9.59 Å². The molecule has 0 aliphatic carbocycles. The summed E-state index contributed by atoms with van der Waals surface area (Å²) in [5.74, 6) is 0. The van der Waals surface area contributed by atoms with Crippen molar-refractivity contribution < 1.29 is 14.3 Å². The number of aryl methyl sites for hydroxylation is 1. The second-order valence-electron chi connectivity index (χ2n) is 5.13. The van der Waals surface area contributed by atoms with E-state index in [1.165, 1.54) is 10.8 Å². The number of nitrogens with zero attached hydrogens (tertiary/aromatic N) is 1. The second kappa shape index (κ2) is 5.85. The van der Waals surface area contributed by atoms with Crippen LogP contribution in [0.3, 0.4) is 0 Å². The maximum Gasteiger partial charge on any atom is 0.418 e. The molecule has 4 heteroatoms. The Morgan fingerprint density at radius 3 is 2.68 bits per heavy atom. The van der Waals surface area contributed by atoms with Crippen molar-refractivity contribution >= 4 is 23.3 Å². The Labute approximate surface area is 127 Å². The highest BCUT2D eigenvalue weighted by Crippen LogP contribution is 2.22. The molecule has 1 heterocycles. The van der Waals surface area contributed by atoms with Gasteiger partial charge < -0.3 is 4.74 Å². The van der Waals surface area contributed by atoms with Gasteiger partial charge in [-0.15, -0.1) is 0 Å². The third kappa shape index (κ3) is 2.63. The Hall–Kier alpha value is -2.88. The zero-order valence-electron chi connectivity index (χ0n) is 12.2. The standard InChI is InChI=1S/C18H15NO3/c1-13-7-8-16-15(11-20)10-19(17(16)9-13)18(21)22-12-14-5-3-2-4-6-14/h2-11H,12H2,1H3. The zero-order chi connectivity index (χ0) is 15.5. The molecule has 1 aromatic heterocycles. The zero-order valence-corrected chi connectivity index (χ0v) is 12.2. The third-order valence-corrected chi connectivity index (χ3v) is 3.52. The van der Waals surface area contributed by atoms with Crippen molar-refractivity contribution in [2.75, 3.05) is 0 Å². The quantitative estimate of drug-likeness (QED) is 0.687. The minimum absolute atomic E-state index is 0.196. The lowest BCUT2D eigenvalue weighted by Crippen LogP contribution is -2.12. The number of carbonyl (C=O) groups excluding carboxylic acids is 2. The fraction of sp³-hybridized carbons (Fsp3) is 0.111. The van der Waals surface area contributed by atoms with E-state index in [4.69, 9.17) is 4.74 Å². The van der Waals surface area contributed by atoms with Crippen LogP contribution in [0.15, 0.2) is 54.7 Å². The normalized spacial score (nSPS) is 10.6. The Balaban J connectivity index is 1.90. The van der Waals surface area contributed by atoms with E-state index in [2.05, 4.69) is 0 Å². The van der Waals surface area contributed by atoms with Gasteiger partial charge in [0, 0.05) is 17.1 Å². The topological polar surface area (TPSA) is 48.3 Å². The van der Waals surface area contributed by atoms with Crippen LogP contribution in [0.1, 0.15) is 21.5 Å². The van der Waals surface area contributed by atoms with Crippen LogP contribution in [0.4, 0.5) is 4.79 Å². The lowest BCUT2D eigenvalue weighted by Gasteiger charge is -2.07. The summed E-state index contributed by atoms with van der Waals surface area (Å²) < 4.78 is 6.71. The van der Waals surface area contributed by atoms with E-state index >= 15 is 0 Å². The van der Waals surface area contributed by atoms with E-state index in [0.717, 1.165) is 22.8 Å². The highest BCUT2D eigenvalue weighted by molar-refractivity contribution is 6.01. The number of carbonyl (C=O) groups is 2. The molecule has 0 saturated carbocycles. The third-order valence-electron chi connectivity index (χ3n) is 3.52. The molecule has 0 radical (unpaired) electrons. The van der Waals surface area contributed by atoms with Crippen molar-refractivity contribution in [3.8, 4) is 0 Å². The number of aromatic nitrogens is 1. The molecule has 0 amide bonds. The van der Waals surface area contributed by atoms with Gasteiger partial charge in [0.05, 0.1) is 5.52 Å². The molecule has 0 aliphatic heterocycles. The molecule has 0 N–H and O–H groups in total. The molecule has 0 fully saturated rings. The number of hydrogen-bond acceptors (Lipinski definition) is 3. The lowest BCUT2D eigenvalue weighted by atomic mass is 10.1. The largest absolute Gasteiger partial charge is 0.444 e. The number of benzene rings is 2. The number of hydrogen-bond donors (Lipinski definition) is 0. The van der Waals surface area contributed by atoms with Gasteiger partial charge in [-0.25, -0.2) is 4.79 Å². The van der Waals surface area contributed by atoms with Crippen LogP contribution in [0, 0.1) is 6.92 Å². The maximum absolute atomic E-state index is 12.3. The average molecular weight is 293 g/mol. The highest BCUT2D eigenvalue weighted by atomic mass is 16.5. The second-order valence-corrected chi connectivity index (χ2v) is 5.13. The number of fused-ring (bicyclic) bond motifs is 1. The predicted octanol–water partition coefficient (Wildman–Crippen LogP) is 3.95. The smallest absolute Gasteiger partial charge is 0.418 e. The van der Waals surface area contributed by atoms with Gasteiger partial charge in [-0.1, -0.05) is 42.5 Å². The van der Waals surface area contributed by atoms with Crippen LogP contribution in [0.2, 0.25) is 0 Å². The number of rotatable bonds is 3. The molecule has 22 heavy (non-hydrogen) atoms. The van der Waals surface area contributed by atoms with E-state index in [-0.39, 0.29) is 6.61 Å². The maximum atomic E-state index is 12.3. The lowest BCUT2D eigenvalue weighted by molar-refractivity contribution is 0.112. The molecule has 4 nitrogen and oxygen atoms in total. The molecular formula is C18H15NO3. The number of aldehydes is 1. The van der Waals surface area contributed by atoms with Crippen molar-refractivity contribution in [2.24, 2.45) is 0 Å². The SMILES string of the molecule is Cc1ccc2c(C=O)cn(C(=O)OCc3ccccc3)c2c1. The van der Waals surface area contributed by atoms with Crippen molar-refractivity contribution in [1.82, 2.24) is 4.57 Å². The minimum atomic E-state index is -0.493. The highest BCUT2D eigenvalue weighted by Gasteiger charge is 2.14. The molecule has 2 aromatic carbocycles. The van der Waals surface area contributed by atoms with Crippen LogP contribution in [0.25, 0.3) is 10.9 Å². The van der Waals surface area contributed by atoms with Crippen LogP contribution >= 0.6 is 0 Å². The Bertz CT molecular complexity index is 834. The monoisotopic (exact) mass is 293 g/mol. The van der Waals surface area contributed by atoms with Crippen LogP contribution in [-0.4, -0.2) is 16.9 Å². The van der Waals surface area contributed by atoms with Gasteiger partial charge >= 0.3 is 6.09 Å². The first kappa shape index (κ1) is 14.1. The van der Waals surface area contributed by atoms with Crippen LogP contribution in [-0.2, 0) is 11.3 Å². The Kier molecular flexibility index (Phi) is 3.74. The van der Waals surface area contributed by atoms with Crippen molar-refractivity contribution in [2.45, 2.75) is 13.5 Å². The molecule has 0 atom stereocenters. The molecule has 0 unspecified atom stereocenters. The summed E-state index contributed by atoms with van der Waals surface area (Å²) in [6.45, 7) is 2.13. The first-order valence-electron chi connectivity index (χ1n) is 6.97. The summed E-state index contributed by atoms with van der Waals surface area (Å²) in [4.78, 5) is 23.5. The Morgan fingerprint density at radius 1 is 1.18 bits per heavy atom.